The van der Waals surface area contributed by atoms with Crippen LogP contribution >= 0.6 is 0 Å². The van der Waals surface area contributed by atoms with Gasteiger partial charge in [-0.2, -0.15) is 0 Å². The Morgan fingerprint density at radius 3 is 3.00 bits per heavy atom. The Kier molecular flexibility index (Phi) is 5.12. The summed E-state index contributed by atoms with van der Waals surface area (Å²) < 4.78 is 0. The van der Waals surface area contributed by atoms with Gasteiger partial charge in [0.05, 0.1) is 6.34 Å². The Morgan fingerprint density at radius 2 is 2.25 bits per heavy atom. The largest absolute Gasteiger partial charge is 0.382 e. The molecule has 16 heavy (non-hydrogen) atoms. The summed E-state index contributed by atoms with van der Waals surface area (Å²) in [6, 6.07) is 0. The second kappa shape index (κ2) is 6.67. The third kappa shape index (κ3) is 4.64. The van der Waals surface area contributed by atoms with Crippen LogP contribution in [0.5, 0.6) is 0 Å². The predicted octanol–water partition coefficient (Wildman–Crippen LogP) is 2.38. The first-order valence-electron chi connectivity index (χ1n) is 5.35. The summed E-state index contributed by atoms with van der Waals surface area (Å²) in [4.78, 5) is 8.22. The average molecular weight is 217 g/mol. The summed E-state index contributed by atoms with van der Waals surface area (Å²) in [7, 11) is 3.96. The Bertz CT molecular complexity index is 335. The minimum absolute atomic E-state index is 0.809. The summed E-state index contributed by atoms with van der Waals surface area (Å²) in [6.45, 7) is 4.80. The smallest absolute Gasteiger partial charge is 0.0935 e. The van der Waals surface area contributed by atoms with Gasteiger partial charge in [0.1, 0.15) is 0 Å². The number of hydrogen-bond acceptors (Lipinski definition) is 3. The second-order valence-electron chi connectivity index (χ2n) is 3.76. The molecule has 0 atom stereocenters. The van der Waals surface area contributed by atoms with Crippen molar-refractivity contribution in [1.29, 1.82) is 0 Å². The van der Waals surface area contributed by atoms with Crippen molar-refractivity contribution in [3.8, 4) is 0 Å². The Balaban J connectivity index is 2.77. The molecular weight excluding hydrogens is 198 g/mol. The fraction of sp³-hybridized carbons (Fsp3) is 0.308. The highest BCUT2D eigenvalue weighted by atomic mass is 15.2. The van der Waals surface area contributed by atoms with Crippen LogP contribution < -0.4 is 0 Å². The van der Waals surface area contributed by atoms with Crippen LogP contribution in [-0.4, -0.2) is 36.8 Å². The summed E-state index contributed by atoms with van der Waals surface area (Å²) >= 11 is 0. The average Bonchev–Trinajstić information content (AvgIpc) is 2.25. The van der Waals surface area contributed by atoms with E-state index >= 15 is 0 Å². The molecule has 0 radical (unpaired) electrons. The van der Waals surface area contributed by atoms with Crippen molar-refractivity contribution in [3.05, 3.63) is 49.0 Å². The molecule has 1 aliphatic heterocycles. The van der Waals surface area contributed by atoms with E-state index in [1.807, 2.05) is 60.9 Å². The molecule has 0 amide bonds. The van der Waals surface area contributed by atoms with Crippen molar-refractivity contribution in [2.45, 2.75) is 6.42 Å². The predicted molar refractivity (Wildman–Crippen MR) is 70.1 cm³/mol. The summed E-state index contributed by atoms with van der Waals surface area (Å²) in [6.07, 6.45) is 14.8. The number of allylic oxidation sites excluding steroid dienone is 3. The third-order valence-corrected chi connectivity index (χ3v) is 2.02. The van der Waals surface area contributed by atoms with Crippen molar-refractivity contribution < 1.29 is 0 Å². The molecular formula is C13H19N3. The van der Waals surface area contributed by atoms with E-state index in [1.165, 1.54) is 0 Å². The van der Waals surface area contributed by atoms with Gasteiger partial charge >= 0.3 is 0 Å². The highest BCUT2D eigenvalue weighted by molar-refractivity contribution is 5.60. The fourth-order valence-electron chi connectivity index (χ4n) is 1.14. The van der Waals surface area contributed by atoms with E-state index in [0.717, 1.165) is 18.7 Å². The molecule has 0 aliphatic carbocycles. The van der Waals surface area contributed by atoms with Crippen molar-refractivity contribution in [1.82, 2.24) is 9.80 Å². The van der Waals surface area contributed by atoms with Crippen LogP contribution in [0.3, 0.4) is 0 Å². The van der Waals surface area contributed by atoms with E-state index in [4.69, 9.17) is 0 Å². The van der Waals surface area contributed by atoms with Gasteiger partial charge < -0.3 is 9.80 Å². The summed E-state index contributed by atoms with van der Waals surface area (Å²) in [5, 5.41) is 0. The Hall–Kier alpha value is -1.77. The van der Waals surface area contributed by atoms with E-state index < -0.39 is 0 Å². The molecule has 0 fully saturated rings. The number of nitrogens with zero attached hydrogens (tertiary/aromatic N) is 3. The Labute approximate surface area is 97.8 Å². The SMILES string of the molecule is C=C1/C=C\C=C/CC/N=C\N1/C=C\N(C)C. The number of hydrogen-bond donors (Lipinski definition) is 0. The molecule has 0 bridgehead atoms. The topological polar surface area (TPSA) is 18.8 Å². The van der Waals surface area contributed by atoms with E-state index in [0.29, 0.717) is 0 Å². The lowest BCUT2D eigenvalue weighted by Crippen LogP contribution is -2.14. The van der Waals surface area contributed by atoms with Gasteiger partial charge in [0.15, 0.2) is 0 Å². The molecule has 3 heteroatoms. The molecule has 1 rings (SSSR count). The maximum atomic E-state index is 4.33. The van der Waals surface area contributed by atoms with Gasteiger partial charge in [-0.1, -0.05) is 24.8 Å². The van der Waals surface area contributed by atoms with E-state index in [-0.39, 0.29) is 0 Å². The molecule has 0 aromatic rings. The lowest BCUT2D eigenvalue weighted by Gasteiger charge is -2.16. The molecule has 0 N–H and O–H groups in total. The lowest BCUT2D eigenvalue weighted by atomic mass is 10.3. The van der Waals surface area contributed by atoms with Crippen LogP contribution in [0.25, 0.3) is 0 Å². The van der Waals surface area contributed by atoms with Crippen LogP contribution in [0.4, 0.5) is 0 Å². The normalized spacial score (nSPS) is 23.1. The quantitative estimate of drug-likeness (QED) is 0.707. The van der Waals surface area contributed by atoms with Gasteiger partial charge in [-0.05, 0) is 12.5 Å². The maximum Gasteiger partial charge on any atom is 0.0935 e. The third-order valence-electron chi connectivity index (χ3n) is 2.02. The van der Waals surface area contributed by atoms with Gasteiger partial charge in [-0.3, -0.25) is 4.99 Å². The second-order valence-corrected chi connectivity index (χ2v) is 3.76. The Morgan fingerprint density at radius 1 is 1.44 bits per heavy atom. The van der Waals surface area contributed by atoms with Crippen LogP contribution in [0.1, 0.15) is 6.42 Å². The minimum atomic E-state index is 0.809. The number of rotatable bonds is 2. The molecule has 0 aromatic carbocycles. The zero-order valence-corrected chi connectivity index (χ0v) is 10.0. The zero-order chi connectivity index (χ0) is 11.8. The summed E-state index contributed by atoms with van der Waals surface area (Å²) in [5.74, 6) is 0. The van der Waals surface area contributed by atoms with Crippen LogP contribution in [-0.2, 0) is 0 Å². The fourth-order valence-corrected chi connectivity index (χ4v) is 1.14. The molecule has 0 saturated heterocycles. The molecule has 86 valence electrons. The van der Waals surface area contributed by atoms with Crippen molar-refractivity contribution in [2.75, 3.05) is 20.6 Å². The van der Waals surface area contributed by atoms with Gasteiger partial charge in [0, 0.05) is 38.7 Å². The molecule has 0 unspecified atom stereocenters. The van der Waals surface area contributed by atoms with Gasteiger partial charge in [0.2, 0.25) is 0 Å². The van der Waals surface area contributed by atoms with E-state index in [2.05, 4.69) is 17.6 Å². The highest BCUT2D eigenvalue weighted by Gasteiger charge is 1.97. The highest BCUT2D eigenvalue weighted by Crippen LogP contribution is 2.04. The first kappa shape index (κ1) is 12.3. The first-order chi connectivity index (χ1) is 7.70. The van der Waals surface area contributed by atoms with Crippen LogP contribution in [0, 0.1) is 0 Å². The molecule has 0 saturated carbocycles. The minimum Gasteiger partial charge on any atom is -0.382 e. The van der Waals surface area contributed by atoms with Crippen LogP contribution in [0.2, 0.25) is 0 Å². The van der Waals surface area contributed by atoms with Crippen molar-refractivity contribution >= 4 is 6.34 Å². The van der Waals surface area contributed by atoms with Crippen molar-refractivity contribution in [3.63, 3.8) is 0 Å². The molecule has 0 spiro atoms. The standard InChI is InChI=1S/C13H19N3/c1-13-8-6-4-5-7-9-14-12-16(13)11-10-15(2)3/h4-6,8,10-12H,1,7,9H2,2-3H3/b5-4-,8-6-,11-10-,14-12-. The molecule has 3 nitrogen and oxygen atoms in total. The van der Waals surface area contributed by atoms with E-state index in [9.17, 15) is 0 Å². The zero-order valence-electron chi connectivity index (χ0n) is 10.0. The summed E-state index contributed by atoms with van der Waals surface area (Å²) in [5.41, 5.74) is 0.897. The molecule has 0 aromatic heterocycles. The van der Waals surface area contributed by atoms with Gasteiger partial charge in [-0.15, -0.1) is 0 Å². The first-order valence-corrected chi connectivity index (χ1v) is 5.35. The maximum absolute atomic E-state index is 4.33. The van der Waals surface area contributed by atoms with Crippen LogP contribution in [0.15, 0.2) is 54.0 Å². The van der Waals surface area contributed by atoms with E-state index in [1.54, 1.807) is 0 Å². The van der Waals surface area contributed by atoms with Gasteiger partial charge in [0.25, 0.3) is 0 Å². The molecule has 1 aliphatic rings. The van der Waals surface area contributed by atoms with Crippen molar-refractivity contribution in [2.24, 2.45) is 4.99 Å². The number of aliphatic imine (C=N–C) groups is 1. The monoisotopic (exact) mass is 217 g/mol. The molecule has 1 heterocycles. The van der Waals surface area contributed by atoms with Gasteiger partial charge in [-0.25, -0.2) is 0 Å². The lowest BCUT2D eigenvalue weighted by molar-refractivity contribution is 0.549.